The molecule has 1 unspecified atom stereocenters. The number of aryl methyl sites for hydroxylation is 1. The summed E-state index contributed by atoms with van der Waals surface area (Å²) in [5.41, 5.74) is 9.75. The van der Waals surface area contributed by atoms with E-state index in [-0.39, 0.29) is 6.04 Å². The van der Waals surface area contributed by atoms with Crippen molar-refractivity contribution in [3.63, 3.8) is 0 Å². The average Bonchev–Trinajstić information content (AvgIpc) is 2.65. The van der Waals surface area contributed by atoms with Gasteiger partial charge in [-0.15, -0.1) is 11.3 Å². The van der Waals surface area contributed by atoms with Gasteiger partial charge in [0.2, 0.25) is 0 Å². The van der Waals surface area contributed by atoms with Crippen molar-refractivity contribution in [2.75, 3.05) is 0 Å². The van der Waals surface area contributed by atoms with Crippen molar-refractivity contribution in [2.24, 2.45) is 5.73 Å². The van der Waals surface area contributed by atoms with Gasteiger partial charge in [0.05, 0.1) is 9.83 Å². The number of hydrogen-bond acceptors (Lipinski definition) is 2. The first-order valence-electron chi connectivity index (χ1n) is 4.73. The van der Waals surface area contributed by atoms with Gasteiger partial charge in [0, 0.05) is 0 Å². The van der Waals surface area contributed by atoms with Gasteiger partial charge in [0.25, 0.3) is 0 Å². The summed E-state index contributed by atoms with van der Waals surface area (Å²) in [5, 5.41) is 2.09. The van der Waals surface area contributed by atoms with E-state index in [0.717, 1.165) is 14.9 Å². The second-order valence-corrected chi connectivity index (χ2v) is 5.86. The molecule has 0 bridgehead atoms. The average molecular weight is 282 g/mol. The molecule has 0 radical (unpaired) electrons. The molecule has 0 fully saturated rings. The molecule has 0 aliphatic heterocycles. The lowest BCUT2D eigenvalue weighted by Crippen LogP contribution is -2.10. The van der Waals surface area contributed by atoms with Crippen LogP contribution in [0.2, 0.25) is 0 Å². The molecule has 78 valence electrons. The zero-order chi connectivity index (χ0) is 10.8. The summed E-state index contributed by atoms with van der Waals surface area (Å²) in [6, 6.07) is 10.4. The highest BCUT2D eigenvalue weighted by Crippen LogP contribution is 2.27. The highest BCUT2D eigenvalue weighted by molar-refractivity contribution is 9.11. The van der Waals surface area contributed by atoms with E-state index in [0.29, 0.717) is 0 Å². The molecule has 1 nitrogen and oxygen atoms in total. The topological polar surface area (TPSA) is 26.0 Å². The Bertz CT molecular complexity index is 447. The Hall–Kier alpha value is -0.640. The number of nitrogens with two attached hydrogens (primary N) is 1. The van der Waals surface area contributed by atoms with Crippen molar-refractivity contribution in [1.82, 2.24) is 0 Å². The maximum absolute atomic E-state index is 6.17. The third kappa shape index (κ3) is 2.48. The van der Waals surface area contributed by atoms with Crippen molar-refractivity contribution >= 4 is 27.3 Å². The minimum absolute atomic E-state index is 0.0202. The Morgan fingerprint density at radius 1 is 1.20 bits per heavy atom. The second kappa shape index (κ2) is 4.47. The van der Waals surface area contributed by atoms with E-state index in [1.54, 1.807) is 11.3 Å². The number of rotatable bonds is 2. The molecule has 15 heavy (non-hydrogen) atoms. The lowest BCUT2D eigenvalue weighted by atomic mass is 10.0. The van der Waals surface area contributed by atoms with E-state index in [9.17, 15) is 0 Å². The van der Waals surface area contributed by atoms with Gasteiger partial charge in [-0.2, -0.15) is 0 Å². The fraction of sp³-hybridized carbons (Fsp3) is 0.167. The summed E-state index contributed by atoms with van der Waals surface area (Å²) < 4.78 is 1.13. The van der Waals surface area contributed by atoms with Crippen LogP contribution in [0.15, 0.2) is 39.5 Å². The highest BCUT2D eigenvalue weighted by atomic mass is 79.9. The van der Waals surface area contributed by atoms with Crippen LogP contribution < -0.4 is 5.73 Å². The molecule has 0 amide bonds. The fourth-order valence-corrected chi connectivity index (χ4v) is 2.66. The third-order valence-electron chi connectivity index (χ3n) is 2.38. The van der Waals surface area contributed by atoms with E-state index in [2.05, 4.69) is 58.6 Å². The molecule has 1 aromatic heterocycles. The number of benzene rings is 1. The van der Waals surface area contributed by atoms with Gasteiger partial charge in [-0.3, -0.25) is 0 Å². The van der Waals surface area contributed by atoms with E-state index in [1.807, 2.05) is 0 Å². The SMILES string of the molecule is Cc1ccc(C(N)c2csc(Br)c2)cc1. The lowest BCUT2D eigenvalue weighted by Gasteiger charge is -2.10. The van der Waals surface area contributed by atoms with Crippen molar-refractivity contribution in [2.45, 2.75) is 13.0 Å². The monoisotopic (exact) mass is 281 g/mol. The van der Waals surface area contributed by atoms with Crippen LogP contribution in [-0.2, 0) is 0 Å². The van der Waals surface area contributed by atoms with Crippen LogP contribution in [-0.4, -0.2) is 0 Å². The van der Waals surface area contributed by atoms with Gasteiger partial charge in [0.15, 0.2) is 0 Å². The predicted molar refractivity (Wildman–Crippen MR) is 69.2 cm³/mol. The third-order valence-corrected chi connectivity index (χ3v) is 3.91. The molecule has 0 aliphatic rings. The van der Waals surface area contributed by atoms with Crippen LogP contribution in [0.4, 0.5) is 0 Å². The first-order valence-corrected chi connectivity index (χ1v) is 6.40. The van der Waals surface area contributed by atoms with Crippen LogP contribution in [0.25, 0.3) is 0 Å². The molecule has 1 aromatic carbocycles. The molecule has 0 saturated heterocycles. The van der Waals surface area contributed by atoms with E-state index in [1.165, 1.54) is 5.56 Å². The first kappa shape index (κ1) is 10.9. The van der Waals surface area contributed by atoms with Crippen LogP contribution in [0.1, 0.15) is 22.7 Å². The van der Waals surface area contributed by atoms with E-state index in [4.69, 9.17) is 5.73 Å². The quantitative estimate of drug-likeness (QED) is 0.889. The largest absolute Gasteiger partial charge is 0.320 e. The predicted octanol–water partition coefficient (Wildman–Crippen LogP) is 3.87. The Morgan fingerprint density at radius 3 is 2.40 bits per heavy atom. The fourth-order valence-electron chi connectivity index (χ4n) is 1.45. The van der Waals surface area contributed by atoms with Gasteiger partial charge in [-0.1, -0.05) is 29.8 Å². The minimum atomic E-state index is -0.0202. The summed E-state index contributed by atoms with van der Waals surface area (Å²) in [7, 11) is 0. The highest BCUT2D eigenvalue weighted by Gasteiger charge is 2.09. The second-order valence-electron chi connectivity index (χ2n) is 3.57. The number of halogens is 1. The van der Waals surface area contributed by atoms with Gasteiger partial charge in [-0.05, 0) is 45.4 Å². The molecule has 3 heteroatoms. The standard InChI is InChI=1S/C12H12BrNS/c1-8-2-4-9(5-3-8)12(14)10-6-11(13)15-7-10/h2-7,12H,14H2,1H3. The number of hydrogen-bond donors (Lipinski definition) is 1. The Morgan fingerprint density at radius 2 is 1.87 bits per heavy atom. The van der Waals surface area contributed by atoms with Crippen LogP contribution >= 0.6 is 27.3 Å². The normalized spacial score (nSPS) is 12.7. The summed E-state index contributed by atoms with van der Waals surface area (Å²) in [4.78, 5) is 0. The van der Waals surface area contributed by atoms with E-state index >= 15 is 0 Å². The number of thiophene rings is 1. The van der Waals surface area contributed by atoms with Crippen LogP contribution in [0, 0.1) is 6.92 Å². The van der Waals surface area contributed by atoms with E-state index < -0.39 is 0 Å². The van der Waals surface area contributed by atoms with Gasteiger partial charge >= 0.3 is 0 Å². The molecule has 0 aliphatic carbocycles. The van der Waals surface area contributed by atoms with Gasteiger partial charge < -0.3 is 5.73 Å². The smallest absolute Gasteiger partial charge is 0.0701 e. The molecule has 2 rings (SSSR count). The molecule has 0 saturated carbocycles. The molecule has 1 heterocycles. The summed E-state index contributed by atoms with van der Waals surface area (Å²) >= 11 is 5.11. The zero-order valence-electron chi connectivity index (χ0n) is 8.41. The lowest BCUT2D eigenvalue weighted by molar-refractivity contribution is 0.876. The molecule has 0 spiro atoms. The Kier molecular flexibility index (Phi) is 3.24. The molecule has 2 N–H and O–H groups in total. The van der Waals surface area contributed by atoms with Crippen molar-refractivity contribution in [1.29, 1.82) is 0 Å². The molecular weight excluding hydrogens is 270 g/mol. The maximum atomic E-state index is 6.17. The first-order chi connectivity index (χ1) is 7.16. The van der Waals surface area contributed by atoms with Crippen molar-refractivity contribution in [3.8, 4) is 0 Å². The Balaban J connectivity index is 2.28. The molecule has 2 aromatic rings. The Labute approximate surface area is 102 Å². The minimum Gasteiger partial charge on any atom is -0.320 e. The summed E-state index contributed by atoms with van der Waals surface area (Å²) in [6.45, 7) is 2.08. The van der Waals surface area contributed by atoms with Gasteiger partial charge in [-0.25, -0.2) is 0 Å². The van der Waals surface area contributed by atoms with Gasteiger partial charge in [0.1, 0.15) is 0 Å². The molecular formula is C12H12BrNS. The zero-order valence-corrected chi connectivity index (χ0v) is 10.8. The summed E-state index contributed by atoms with van der Waals surface area (Å²) in [5.74, 6) is 0. The van der Waals surface area contributed by atoms with Crippen molar-refractivity contribution in [3.05, 3.63) is 56.2 Å². The summed E-state index contributed by atoms with van der Waals surface area (Å²) in [6.07, 6.45) is 0. The van der Waals surface area contributed by atoms with Crippen molar-refractivity contribution < 1.29 is 0 Å². The molecule has 1 atom stereocenters. The van der Waals surface area contributed by atoms with Crippen LogP contribution in [0.5, 0.6) is 0 Å². The van der Waals surface area contributed by atoms with Crippen LogP contribution in [0.3, 0.4) is 0 Å². The maximum Gasteiger partial charge on any atom is 0.0701 e.